The van der Waals surface area contributed by atoms with Gasteiger partial charge in [0.1, 0.15) is 0 Å². The van der Waals surface area contributed by atoms with E-state index in [4.69, 9.17) is 4.74 Å². The van der Waals surface area contributed by atoms with E-state index in [0.29, 0.717) is 6.04 Å². The van der Waals surface area contributed by atoms with Crippen LogP contribution in [-0.4, -0.2) is 43.8 Å². The molecule has 0 spiro atoms. The van der Waals surface area contributed by atoms with E-state index in [1.165, 1.54) is 11.1 Å². The van der Waals surface area contributed by atoms with Crippen LogP contribution in [0.2, 0.25) is 0 Å². The van der Waals surface area contributed by atoms with Gasteiger partial charge in [-0.2, -0.15) is 0 Å². The maximum atomic E-state index is 6.08. The van der Waals surface area contributed by atoms with Crippen LogP contribution in [0.3, 0.4) is 0 Å². The number of hydrogen-bond donors (Lipinski definition) is 1. The molecule has 0 saturated carbocycles. The minimum absolute atomic E-state index is 0.248. The van der Waals surface area contributed by atoms with Gasteiger partial charge in [0, 0.05) is 13.1 Å². The summed E-state index contributed by atoms with van der Waals surface area (Å²) in [5.74, 6) is 0. The molecule has 1 aromatic carbocycles. The maximum absolute atomic E-state index is 6.08. The minimum atomic E-state index is 0.248. The Labute approximate surface area is 129 Å². The zero-order valence-corrected chi connectivity index (χ0v) is 13.8. The molecule has 1 aromatic rings. The predicted molar refractivity (Wildman–Crippen MR) is 88.7 cm³/mol. The lowest BCUT2D eigenvalue weighted by atomic mass is 9.98. The fourth-order valence-corrected chi connectivity index (χ4v) is 2.94. The Morgan fingerprint density at radius 3 is 2.62 bits per heavy atom. The summed E-state index contributed by atoms with van der Waals surface area (Å²) in [6, 6.07) is 9.32. The smallest absolute Gasteiger partial charge is 0.0896 e. The molecule has 0 radical (unpaired) electrons. The van der Waals surface area contributed by atoms with Crippen molar-refractivity contribution in [3.8, 4) is 0 Å². The molecule has 1 fully saturated rings. The SMILES string of the molecule is CCCNC(c1ccc(CC)cc1)C1CN(CC)CCO1. The minimum Gasteiger partial charge on any atom is -0.374 e. The Morgan fingerprint density at radius 2 is 2.00 bits per heavy atom. The molecule has 0 amide bonds. The number of nitrogens with zero attached hydrogens (tertiary/aromatic N) is 1. The summed E-state index contributed by atoms with van der Waals surface area (Å²) < 4.78 is 6.08. The van der Waals surface area contributed by atoms with E-state index in [9.17, 15) is 0 Å². The summed E-state index contributed by atoms with van der Waals surface area (Å²) in [6.45, 7) is 11.7. The summed E-state index contributed by atoms with van der Waals surface area (Å²) in [5.41, 5.74) is 2.75. The van der Waals surface area contributed by atoms with Crippen molar-refractivity contribution in [1.82, 2.24) is 10.2 Å². The summed E-state index contributed by atoms with van der Waals surface area (Å²) in [5, 5.41) is 3.69. The van der Waals surface area contributed by atoms with Crippen LogP contribution in [0.4, 0.5) is 0 Å². The van der Waals surface area contributed by atoms with Crippen LogP contribution in [-0.2, 0) is 11.2 Å². The van der Waals surface area contributed by atoms with Crippen molar-refractivity contribution in [1.29, 1.82) is 0 Å². The lowest BCUT2D eigenvalue weighted by Gasteiger charge is -2.37. The average Bonchev–Trinajstić information content (AvgIpc) is 2.56. The molecule has 2 rings (SSSR count). The van der Waals surface area contributed by atoms with Gasteiger partial charge in [0.05, 0.1) is 18.8 Å². The predicted octanol–water partition coefficient (Wildman–Crippen LogP) is 3.01. The van der Waals surface area contributed by atoms with E-state index in [1.54, 1.807) is 0 Å². The second kappa shape index (κ2) is 8.52. The molecule has 21 heavy (non-hydrogen) atoms. The molecule has 3 nitrogen and oxygen atoms in total. The van der Waals surface area contributed by atoms with Gasteiger partial charge in [-0.15, -0.1) is 0 Å². The Bertz CT molecular complexity index is 404. The van der Waals surface area contributed by atoms with Gasteiger partial charge in [0.15, 0.2) is 0 Å². The molecule has 1 N–H and O–H groups in total. The first-order valence-electron chi connectivity index (χ1n) is 8.44. The van der Waals surface area contributed by atoms with Crippen LogP contribution in [0, 0.1) is 0 Å². The summed E-state index contributed by atoms with van der Waals surface area (Å²) in [7, 11) is 0. The van der Waals surface area contributed by atoms with Crippen LogP contribution in [0.5, 0.6) is 0 Å². The fraction of sp³-hybridized carbons (Fsp3) is 0.667. The Balaban J connectivity index is 2.12. The molecule has 1 aliphatic heterocycles. The van der Waals surface area contributed by atoms with Crippen LogP contribution in [0.25, 0.3) is 0 Å². The third-order valence-electron chi connectivity index (χ3n) is 4.36. The van der Waals surface area contributed by atoms with E-state index in [1.807, 2.05) is 0 Å². The van der Waals surface area contributed by atoms with Crippen LogP contribution in [0.15, 0.2) is 24.3 Å². The number of likely N-dealkylation sites (N-methyl/N-ethyl adjacent to an activating group) is 1. The average molecular weight is 290 g/mol. The lowest BCUT2D eigenvalue weighted by molar-refractivity contribution is -0.0455. The van der Waals surface area contributed by atoms with Crippen molar-refractivity contribution in [2.75, 3.05) is 32.8 Å². The zero-order chi connectivity index (χ0) is 15.1. The van der Waals surface area contributed by atoms with Crippen molar-refractivity contribution in [3.63, 3.8) is 0 Å². The van der Waals surface area contributed by atoms with Gasteiger partial charge in [0.25, 0.3) is 0 Å². The fourth-order valence-electron chi connectivity index (χ4n) is 2.94. The van der Waals surface area contributed by atoms with Gasteiger partial charge in [0.2, 0.25) is 0 Å². The molecule has 118 valence electrons. The third kappa shape index (κ3) is 4.53. The molecule has 0 aromatic heterocycles. The highest BCUT2D eigenvalue weighted by molar-refractivity contribution is 5.26. The Kier molecular flexibility index (Phi) is 6.68. The summed E-state index contributed by atoms with van der Waals surface area (Å²) in [6.07, 6.45) is 2.49. The molecule has 1 saturated heterocycles. The number of morpholine rings is 1. The van der Waals surface area contributed by atoms with Gasteiger partial charge in [-0.25, -0.2) is 0 Å². The van der Waals surface area contributed by atoms with Gasteiger partial charge >= 0.3 is 0 Å². The standard InChI is InChI=1S/C18H30N2O/c1-4-11-19-18(16-9-7-15(5-2)8-10-16)17-14-20(6-3)12-13-21-17/h7-10,17-19H,4-6,11-14H2,1-3H3. The van der Waals surface area contributed by atoms with E-state index in [2.05, 4.69) is 55.3 Å². The number of nitrogens with one attached hydrogen (secondary N) is 1. The molecule has 1 heterocycles. The topological polar surface area (TPSA) is 24.5 Å². The van der Waals surface area contributed by atoms with Gasteiger partial charge < -0.3 is 10.1 Å². The second-order valence-electron chi connectivity index (χ2n) is 5.83. The normalized spacial score (nSPS) is 21.4. The van der Waals surface area contributed by atoms with Crippen LogP contribution in [0.1, 0.15) is 44.4 Å². The summed E-state index contributed by atoms with van der Waals surface area (Å²) >= 11 is 0. The quantitative estimate of drug-likeness (QED) is 0.835. The van der Waals surface area contributed by atoms with E-state index in [0.717, 1.165) is 45.6 Å². The molecular weight excluding hydrogens is 260 g/mol. The molecule has 2 unspecified atom stereocenters. The molecule has 1 aliphatic rings. The molecule has 0 aliphatic carbocycles. The maximum Gasteiger partial charge on any atom is 0.0896 e. The Hall–Kier alpha value is -0.900. The van der Waals surface area contributed by atoms with Crippen molar-refractivity contribution < 1.29 is 4.74 Å². The Morgan fingerprint density at radius 1 is 1.24 bits per heavy atom. The monoisotopic (exact) mass is 290 g/mol. The summed E-state index contributed by atoms with van der Waals surface area (Å²) in [4.78, 5) is 2.48. The number of aryl methyl sites for hydroxylation is 1. The van der Waals surface area contributed by atoms with Gasteiger partial charge in [-0.1, -0.05) is 45.0 Å². The molecular formula is C18H30N2O. The lowest BCUT2D eigenvalue weighted by Crippen LogP contribution is -2.48. The van der Waals surface area contributed by atoms with E-state index in [-0.39, 0.29) is 6.10 Å². The van der Waals surface area contributed by atoms with Gasteiger partial charge in [-0.3, -0.25) is 4.90 Å². The molecule has 2 atom stereocenters. The van der Waals surface area contributed by atoms with Crippen molar-refractivity contribution >= 4 is 0 Å². The third-order valence-corrected chi connectivity index (χ3v) is 4.36. The highest BCUT2D eigenvalue weighted by Crippen LogP contribution is 2.23. The largest absolute Gasteiger partial charge is 0.374 e. The van der Waals surface area contributed by atoms with Crippen LogP contribution < -0.4 is 5.32 Å². The first-order valence-corrected chi connectivity index (χ1v) is 8.44. The highest BCUT2D eigenvalue weighted by Gasteiger charge is 2.28. The zero-order valence-electron chi connectivity index (χ0n) is 13.8. The van der Waals surface area contributed by atoms with Crippen LogP contribution >= 0.6 is 0 Å². The number of benzene rings is 1. The molecule has 3 heteroatoms. The van der Waals surface area contributed by atoms with Crippen molar-refractivity contribution in [3.05, 3.63) is 35.4 Å². The highest BCUT2D eigenvalue weighted by atomic mass is 16.5. The first-order chi connectivity index (χ1) is 10.3. The number of rotatable bonds is 7. The van der Waals surface area contributed by atoms with Crippen molar-refractivity contribution in [2.45, 2.75) is 45.8 Å². The number of ether oxygens (including phenoxy) is 1. The number of hydrogen-bond acceptors (Lipinski definition) is 3. The molecule has 0 bridgehead atoms. The first kappa shape index (κ1) is 16.5. The van der Waals surface area contributed by atoms with E-state index < -0.39 is 0 Å². The van der Waals surface area contributed by atoms with Gasteiger partial charge in [-0.05, 0) is 37.1 Å². The van der Waals surface area contributed by atoms with Crippen molar-refractivity contribution in [2.24, 2.45) is 0 Å². The van der Waals surface area contributed by atoms with E-state index >= 15 is 0 Å². The second-order valence-corrected chi connectivity index (χ2v) is 5.83.